The number of nitrogens with zero attached hydrogens (tertiary/aromatic N) is 2. The second kappa shape index (κ2) is 5.08. The Labute approximate surface area is 132 Å². The minimum atomic E-state index is -0.824. The van der Waals surface area contributed by atoms with E-state index in [9.17, 15) is 9.59 Å². The molecule has 0 atom stereocenters. The van der Waals surface area contributed by atoms with Crippen LogP contribution in [0.15, 0.2) is 6.07 Å². The normalized spacial score (nSPS) is 16.2. The first-order chi connectivity index (χ1) is 10.3. The van der Waals surface area contributed by atoms with Crippen LogP contribution in [0, 0.1) is 5.41 Å². The number of hydrogen-bond donors (Lipinski definition) is 2. The topological polar surface area (TPSA) is 84.2 Å². The maximum atomic E-state index is 12.3. The van der Waals surface area contributed by atoms with Crippen molar-refractivity contribution >= 4 is 33.4 Å². The van der Waals surface area contributed by atoms with Crippen LogP contribution in [0.3, 0.4) is 0 Å². The summed E-state index contributed by atoms with van der Waals surface area (Å²) in [6.07, 6.45) is 1.27. The number of amides is 1. The van der Waals surface area contributed by atoms with Gasteiger partial charge in [-0.15, -0.1) is 11.3 Å². The number of rotatable bonds is 5. The van der Waals surface area contributed by atoms with Crippen molar-refractivity contribution in [3.8, 4) is 0 Å². The summed E-state index contributed by atoms with van der Waals surface area (Å²) in [6.45, 7) is 4.34. The highest BCUT2D eigenvalue weighted by Crippen LogP contribution is 2.45. The molecule has 1 saturated carbocycles. The van der Waals surface area contributed by atoms with E-state index in [0.29, 0.717) is 17.7 Å². The lowest BCUT2D eigenvalue weighted by Crippen LogP contribution is -2.33. The molecule has 3 rings (SSSR count). The van der Waals surface area contributed by atoms with E-state index in [1.165, 1.54) is 11.3 Å². The van der Waals surface area contributed by atoms with Crippen LogP contribution in [0.25, 0.3) is 10.2 Å². The Morgan fingerprint density at radius 3 is 2.73 bits per heavy atom. The number of carboxylic acid groups (broad SMARTS) is 1. The van der Waals surface area contributed by atoms with Gasteiger partial charge in [0.1, 0.15) is 4.83 Å². The number of carbonyl (C=O) groups is 2. The summed E-state index contributed by atoms with van der Waals surface area (Å²) in [7, 11) is 1.87. The van der Waals surface area contributed by atoms with E-state index >= 15 is 0 Å². The van der Waals surface area contributed by atoms with Crippen molar-refractivity contribution in [2.75, 3.05) is 6.54 Å². The average molecular weight is 321 g/mol. The SMILES string of the molecule is CC(C)c1nn(C)c2sc(C(=O)NCC3(C(=O)O)CC3)cc12. The van der Waals surface area contributed by atoms with Crippen LogP contribution in [0.2, 0.25) is 0 Å². The third kappa shape index (κ3) is 2.39. The predicted molar refractivity (Wildman–Crippen MR) is 84.3 cm³/mol. The molecule has 1 aliphatic rings. The van der Waals surface area contributed by atoms with Crippen molar-refractivity contribution in [1.82, 2.24) is 15.1 Å². The number of thiophene rings is 1. The summed E-state index contributed by atoms with van der Waals surface area (Å²) in [4.78, 5) is 25.0. The van der Waals surface area contributed by atoms with E-state index in [1.807, 2.05) is 13.1 Å². The van der Waals surface area contributed by atoms with E-state index < -0.39 is 11.4 Å². The Morgan fingerprint density at radius 2 is 2.18 bits per heavy atom. The van der Waals surface area contributed by atoms with E-state index in [-0.39, 0.29) is 18.4 Å². The molecule has 0 saturated heterocycles. The number of fused-ring (bicyclic) bond motifs is 1. The number of nitrogens with one attached hydrogen (secondary N) is 1. The molecule has 6 nitrogen and oxygen atoms in total. The van der Waals surface area contributed by atoms with Gasteiger partial charge in [-0.1, -0.05) is 13.8 Å². The molecule has 0 unspecified atom stereocenters. The second-order valence-corrected chi connectivity index (χ2v) is 7.29. The van der Waals surface area contributed by atoms with Gasteiger partial charge in [-0.25, -0.2) is 0 Å². The first-order valence-corrected chi connectivity index (χ1v) is 8.14. The summed E-state index contributed by atoms with van der Waals surface area (Å²) in [5, 5.41) is 17.4. The highest BCUT2D eigenvalue weighted by atomic mass is 32.1. The maximum Gasteiger partial charge on any atom is 0.311 e. The lowest BCUT2D eigenvalue weighted by Gasteiger charge is -2.10. The van der Waals surface area contributed by atoms with Gasteiger partial charge in [-0.05, 0) is 24.8 Å². The Bertz CT molecular complexity index is 756. The van der Waals surface area contributed by atoms with Crippen molar-refractivity contribution in [2.45, 2.75) is 32.6 Å². The fourth-order valence-corrected chi connectivity index (χ4v) is 3.55. The molecular weight excluding hydrogens is 302 g/mol. The van der Waals surface area contributed by atoms with Gasteiger partial charge in [-0.2, -0.15) is 5.10 Å². The minimum absolute atomic E-state index is 0.199. The molecule has 2 aromatic heterocycles. The first kappa shape index (κ1) is 15.0. The summed E-state index contributed by atoms with van der Waals surface area (Å²) in [5.74, 6) is -0.741. The summed E-state index contributed by atoms with van der Waals surface area (Å²) in [5.41, 5.74) is 0.244. The molecule has 22 heavy (non-hydrogen) atoms. The molecule has 2 aromatic rings. The fourth-order valence-electron chi connectivity index (χ4n) is 2.56. The molecule has 0 spiro atoms. The monoisotopic (exact) mass is 321 g/mol. The van der Waals surface area contributed by atoms with Gasteiger partial charge in [0.2, 0.25) is 0 Å². The van der Waals surface area contributed by atoms with Crippen LogP contribution < -0.4 is 5.32 Å². The number of carboxylic acids is 1. The van der Waals surface area contributed by atoms with Crippen LogP contribution in [-0.4, -0.2) is 33.3 Å². The number of aryl methyl sites for hydroxylation is 1. The highest BCUT2D eigenvalue weighted by Gasteiger charge is 2.50. The highest BCUT2D eigenvalue weighted by molar-refractivity contribution is 7.20. The average Bonchev–Trinajstić information content (AvgIpc) is 3.02. The Hall–Kier alpha value is -1.89. The maximum absolute atomic E-state index is 12.3. The fraction of sp³-hybridized carbons (Fsp3) is 0.533. The standard InChI is InChI=1S/C15H19N3O3S/c1-8(2)11-9-6-10(22-13(9)18(3)17-11)12(19)16-7-15(4-5-15)14(20)21/h6,8H,4-5,7H2,1-3H3,(H,16,19)(H,20,21). The zero-order valence-electron chi connectivity index (χ0n) is 12.8. The molecule has 0 bridgehead atoms. The molecule has 0 aromatic carbocycles. The Balaban J connectivity index is 1.80. The summed E-state index contributed by atoms with van der Waals surface area (Å²) in [6, 6.07) is 1.86. The van der Waals surface area contributed by atoms with Crippen molar-refractivity contribution in [3.63, 3.8) is 0 Å². The molecule has 2 N–H and O–H groups in total. The van der Waals surface area contributed by atoms with Gasteiger partial charge in [0.25, 0.3) is 5.91 Å². The van der Waals surface area contributed by atoms with Crippen LogP contribution in [0.1, 0.15) is 48.0 Å². The number of carbonyl (C=O) groups excluding carboxylic acids is 1. The smallest absolute Gasteiger partial charge is 0.311 e. The van der Waals surface area contributed by atoms with E-state index in [4.69, 9.17) is 5.11 Å². The number of hydrogen-bond acceptors (Lipinski definition) is 4. The molecule has 0 aliphatic heterocycles. The van der Waals surface area contributed by atoms with Crippen molar-refractivity contribution < 1.29 is 14.7 Å². The molecule has 0 radical (unpaired) electrons. The van der Waals surface area contributed by atoms with E-state index in [1.54, 1.807) is 4.68 Å². The van der Waals surface area contributed by atoms with E-state index in [2.05, 4.69) is 24.3 Å². The molecule has 2 heterocycles. The van der Waals surface area contributed by atoms with Crippen LogP contribution >= 0.6 is 11.3 Å². The Kier molecular flexibility index (Phi) is 3.47. The third-order valence-corrected chi connectivity index (χ3v) is 5.41. The molecule has 118 valence electrons. The molecule has 1 aliphatic carbocycles. The molecule has 1 fully saturated rings. The zero-order valence-corrected chi connectivity index (χ0v) is 13.7. The van der Waals surface area contributed by atoms with Crippen LogP contribution in [-0.2, 0) is 11.8 Å². The van der Waals surface area contributed by atoms with Gasteiger partial charge >= 0.3 is 5.97 Å². The Morgan fingerprint density at radius 1 is 1.50 bits per heavy atom. The number of aromatic nitrogens is 2. The minimum Gasteiger partial charge on any atom is -0.481 e. The summed E-state index contributed by atoms with van der Waals surface area (Å²) < 4.78 is 1.80. The van der Waals surface area contributed by atoms with Gasteiger partial charge in [0, 0.05) is 19.0 Å². The largest absolute Gasteiger partial charge is 0.481 e. The van der Waals surface area contributed by atoms with Gasteiger partial charge in [0.15, 0.2) is 0 Å². The predicted octanol–water partition coefficient (Wildman–Crippen LogP) is 2.35. The van der Waals surface area contributed by atoms with Crippen LogP contribution in [0.4, 0.5) is 0 Å². The van der Waals surface area contributed by atoms with Crippen molar-refractivity contribution in [1.29, 1.82) is 0 Å². The van der Waals surface area contributed by atoms with Gasteiger partial charge < -0.3 is 10.4 Å². The van der Waals surface area contributed by atoms with Crippen molar-refractivity contribution in [2.24, 2.45) is 12.5 Å². The van der Waals surface area contributed by atoms with Gasteiger partial charge in [0.05, 0.1) is 16.0 Å². The quantitative estimate of drug-likeness (QED) is 0.885. The first-order valence-electron chi connectivity index (χ1n) is 7.32. The van der Waals surface area contributed by atoms with Crippen molar-refractivity contribution in [3.05, 3.63) is 16.6 Å². The molecule has 7 heteroatoms. The third-order valence-electron chi connectivity index (χ3n) is 4.21. The molecule has 1 amide bonds. The summed E-state index contributed by atoms with van der Waals surface area (Å²) >= 11 is 1.39. The lowest BCUT2D eigenvalue weighted by atomic mass is 10.1. The van der Waals surface area contributed by atoms with Crippen LogP contribution in [0.5, 0.6) is 0 Å². The molecular formula is C15H19N3O3S. The van der Waals surface area contributed by atoms with Gasteiger partial charge in [-0.3, -0.25) is 14.3 Å². The lowest BCUT2D eigenvalue weighted by molar-refractivity contribution is -0.143. The second-order valence-electron chi connectivity index (χ2n) is 6.26. The number of aliphatic carboxylic acids is 1. The zero-order chi connectivity index (χ0) is 16.1. The van der Waals surface area contributed by atoms with E-state index in [0.717, 1.165) is 15.9 Å².